The molecule has 0 amide bonds. The lowest BCUT2D eigenvalue weighted by Gasteiger charge is -2.26. The number of rotatable bonds is 14. The molecular weight excluding hydrogens is 479 g/mol. The third kappa shape index (κ3) is 11.2. The summed E-state index contributed by atoms with van der Waals surface area (Å²) in [5.41, 5.74) is 0.140. The molecule has 1 N–H and O–H groups in total. The summed E-state index contributed by atoms with van der Waals surface area (Å²) in [5, 5.41) is 3.20. The minimum atomic E-state index is -4.74. The second-order valence-corrected chi connectivity index (χ2v) is 9.56. The number of unbranched alkanes of at least 4 members (excludes halogenated alkanes) is 5. The van der Waals surface area contributed by atoms with E-state index in [4.69, 9.17) is 9.47 Å². The van der Waals surface area contributed by atoms with Crippen molar-refractivity contribution in [2.75, 3.05) is 18.5 Å². The van der Waals surface area contributed by atoms with Crippen molar-refractivity contribution in [3.8, 4) is 0 Å². The van der Waals surface area contributed by atoms with E-state index in [0.29, 0.717) is 13.0 Å². The van der Waals surface area contributed by atoms with Crippen LogP contribution in [0.2, 0.25) is 0 Å². The Morgan fingerprint density at radius 1 is 0.861 bits per heavy atom. The SMILES string of the molecule is CCOC(=O)C(C(=O)OC(=O)c1ccc(NCCCCCCCCC(=O)C(F)(F)F)cc1)C(C)(C)C. The first kappa shape index (κ1) is 31.1. The zero-order valence-corrected chi connectivity index (χ0v) is 21.3. The van der Waals surface area contributed by atoms with Crippen LogP contribution in [-0.4, -0.2) is 43.0 Å². The number of halogens is 3. The fraction of sp³-hybridized carbons (Fsp3) is 0.615. The van der Waals surface area contributed by atoms with Crippen molar-refractivity contribution in [3.05, 3.63) is 29.8 Å². The maximum atomic E-state index is 12.5. The van der Waals surface area contributed by atoms with E-state index in [-0.39, 0.29) is 18.6 Å². The van der Waals surface area contributed by atoms with Crippen LogP contribution in [0.25, 0.3) is 0 Å². The highest BCUT2D eigenvalue weighted by molar-refractivity contribution is 6.03. The molecule has 1 rings (SSSR count). The average molecular weight is 516 g/mol. The summed E-state index contributed by atoms with van der Waals surface area (Å²) in [7, 11) is 0. The van der Waals surface area contributed by atoms with Gasteiger partial charge in [-0.3, -0.25) is 14.4 Å². The molecule has 36 heavy (non-hydrogen) atoms. The molecule has 0 fully saturated rings. The Balaban J connectivity index is 2.37. The Hall–Kier alpha value is -2.91. The van der Waals surface area contributed by atoms with Crippen LogP contribution in [0.15, 0.2) is 24.3 Å². The maximum Gasteiger partial charge on any atom is 0.449 e. The number of carbonyl (C=O) groups excluding carboxylic acids is 4. The number of carbonyl (C=O) groups is 4. The van der Waals surface area contributed by atoms with E-state index in [2.05, 4.69) is 5.32 Å². The van der Waals surface area contributed by atoms with E-state index in [9.17, 15) is 32.3 Å². The average Bonchev–Trinajstić information content (AvgIpc) is 2.76. The number of anilines is 1. The van der Waals surface area contributed by atoms with E-state index >= 15 is 0 Å². The molecule has 0 radical (unpaired) electrons. The Labute approximate surface area is 210 Å². The first-order chi connectivity index (χ1) is 16.8. The normalized spacial score (nSPS) is 12.5. The minimum Gasteiger partial charge on any atom is -0.465 e. The molecule has 0 aliphatic heterocycles. The van der Waals surface area contributed by atoms with Crippen LogP contribution >= 0.6 is 0 Å². The van der Waals surface area contributed by atoms with Gasteiger partial charge in [0.2, 0.25) is 5.78 Å². The number of hydrogen-bond acceptors (Lipinski definition) is 7. The summed E-state index contributed by atoms with van der Waals surface area (Å²) in [5.74, 6) is -5.45. The van der Waals surface area contributed by atoms with Gasteiger partial charge in [-0.05, 0) is 49.4 Å². The van der Waals surface area contributed by atoms with Gasteiger partial charge in [-0.2, -0.15) is 13.2 Å². The quantitative estimate of drug-likeness (QED) is 0.188. The monoisotopic (exact) mass is 515 g/mol. The standard InChI is InChI=1S/C26H36F3NO6/c1-5-35-23(33)21(25(2,3)4)24(34)36-22(32)18-13-15-19(16-14-18)30-17-11-9-7-6-8-10-12-20(31)26(27,28)29/h13-16,21,30H,5-12,17H2,1-4H3. The van der Waals surface area contributed by atoms with Crippen LogP contribution in [0.5, 0.6) is 0 Å². The zero-order valence-electron chi connectivity index (χ0n) is 21.3. The topological polar surface area (TPSA) is 98.8 Å². The predicted octanol–water partition coefficient (Wildman–Crippen LogP) is 5.87. The van der Waals surface area contributed by atoms with Crippen molar-refractivity contribution < 1.29 is 41.8 Å². The van der Waals surface area contributed by atoms with E-state index in [1.54, 1.807) is 39.8 Å². The Kier molecular flexibility index (Phi) is 12.6. The summed E-state index contributed by atoms with van der Waals surface area (Å²) in [4.78, 5) is 47.8. The summed E-state index contributed by atoms with van der Waals surface area (Å²) in [6.07, 6.45) is -0.979. The molecule has 1 atom stereocenters. The van der Waals surface area contributed by atoms with Gasteiger partial charge in [0.25, 0.3) is 0 Å². The molecule has 0 saturated heterocycles. The van der Waals surface area contributed by atoms with Crippen LogP contribution in [0, 0.1) is 11.3 Å². The van der Waals surface area contributed by atoms with E-state index < -0.39 is 47.6 Å². The van der Waals surface area contributed by atoms with Crippen molar-refractivity contribution in [1.82, 2.24) is 0 Å². The van der Waals surface area contributed by atoms with Gasteiger partial charge in [0, 0.05) is 18.7 Å². The molecule has 1 unspecified atom stereocenters. The molecule has 7 nitrogen and oxygen atoms in total. The first-order valence-electron chi connectivity index (χ1n) is 12.1. The van der Waals surface area contributed by atoms with Gasteiger partial charge >= 0.3 is 24.1 Å². The van der Waals surface area contributed by atoms with Crippen molar-refractivity contribution in [1.29, 1.82) is 0 Å². The molecule has 1 aromatic carbocycles. The smallest absolute Gasteiger partial charge is 0.449 e. The lowest BCUT2D eigenvalue weighted by molar-refractivity contribution is -0.171. The largest absolute Gasteiger partial charge is 0.465 e. The molecule has 0 aliphatic rings. The second kappa shape index (κ2) is 14.6. The third-order valence-electron chi connectivity index (χ3n) is 5.41. The van der Waals surface area contributed by atoms with Crippen LogP contribution in [0.4, 0.5) is 18.9 Å². The van der Waals surface area contributed by atoms with Crippen molar-refractivity contribution in [2.45, 2.75) is 78.8 Å². The predicted molar refractivity (Wildman–Crippen MR) is 128 cm³/mol. The molecule has 0 spiro atoms. The van der Waals surface area contributed by atoms with Gasteiger partial charge in [0.15, 0.2) is 5.92 Å². The number of ketones is 1. The number of Topliss-reactive ketones (excluding diaryl/α,β-unsaturated/α-hetero) is 1. The zero-order chi connectivity index (χ0) is 27.4. The minimum absolute atomic E-state index is 0.106. The summed E-state index contributed by atoms with van der Waals surface area (Å²) < 4.78 is 46.3. The Morgan fingerprint density at radius 3 is 1.94 bits per heavy atom. The van der Waals surface area contributed by atoms with Gasteiger partial charge < -0.3 is 14.8 Å². The number of esters is 3. The lowest BCUT2D eigenvalue weighted by Crippen LogP contribution is -2.39. The molecule has 0 heterocycles. The van der Waals surface area contributed by atoms with Crippen LogP contribution in [-0.2, 0) is 23.9 Å². The molecule has 0 aromatic heterocycles. The van der Waals surface area contributed by atoms with Crippen molar-refractivity contribution in [2.24, 2.45) is 11.3 Å². The highest BCUT2D eigenvalue weighted by Gasteiger charge is 2.41. The number of benzene rings is 1. The van der Waals surface area contributed by atoms with Crippen molar-refractivity contribution in [3.63, 3.8) is 0 Å². The van der Waals surface area contributed by atoms with E-state index in [1.807, 2.05) is 0 Å². The van der Waals surface area contributed by atoms with Crippen LogP contribution < -0.4 is 5.32 Å². The van der Waals surface area contributed by atoms with E-state index in [0.717, 1.165) is 31.4 Å². The van der Waals surface area contributed by atoms with Crippen LogP contribution in [0.1, 0.15) is 83.0 Å². The number of ether oxygens (including phenoxy) is 2. The molecule has 1 aromatic rings. The van der Waals surface area contributed by atoms with Gasteiger partial charge in [-0.25, -0.2) is 4.79 Å². The fourth-order valence-electron chi connectivity index (χ4n) is 3.45. The molecule has 0 bridgehead atoms. The maximum absolute atomic E-state index is 12.5. The van der Waals surface area contributed by atoms with Gasteiger partial charge in [0.1, 0.15) is 0 Å². The highest BCUT2D eigenvalue weighted by atomic mass is 19.4. The molecule has 0 saturated carbocycles. The number of alkyl halides is 3. The Bertz CT molecular complexity index is 875. The number of nitrogens with one attached hydrogen (secondary N) is 1. The van der Waals surface area contributed by atoms with Crippen LogP contribution in [0.3, 0.4) is 0 Å². The summed E-state index contributed by atoms with van der Waals surface area (Å²) >= 11 is 0. The molecule has 0 aliphatic carbocycles. The summed E-state index contributed by atoms with van der Waals surface area (Å²) in [6, 6.07) is 6.37. The third-order valence-corrected chi connectivity index (χ3v) is 5.41. The van der Waals surface area contributed by atoms with Gasteiger partial charge in [0.05, 0.1) is 12.2 Å². The van der Waals surface area contributed by atoms with E-state index in [1.165, 1.54) is 12.1 Å². The van der Waals surface area contributed by atoms with Gasteiger partial charge in [-0.15, -0.1) is 0 Å². The molecule has 202 valence electrons. The van der Waals surface area contributed by atoms with Gasteiger partial charge in [-0.1, -0.05) is 46.5 Å². The highest BCUT2D eigenvalue weighted by Crippen LogP contribution is 2.29. The Morgan fingerprint density at radius 2 is 1.42 bits per heavy atom. The number of hydrogen-bond donors (Lipinski definition) is 1. The summed E-state index contributed by atoms with van der Waals surface area (Å²) in [6.45, 7) is 7.45. The molecular formula is C26H36F3NO6. The second-order valence-electron chi connectivity index (χ2n) is 9.56. The van der Waals surface area contributed by atoms with Crippen molar-refractivity contribution >= 4 is 29.4 Å². The lowest BCUT2D eigenvalue weighted by atomic mass is 9.81. The molecule has 10 heteroatoms. The fourth-order valence-corrected chi connectivity index (χ4v) is 3.45. The first-order valence-corrected chi connectivity index (χ1v) is 12.1.